The number of hydrogen-bond donors (Lipinski definition) is 2. The van der Waals surface area contributed by atoms with E-state index in [0.29, 0.717) is 5.69 Å². The Kier molecular flexibility index (Phi) is 9.11. The number of carbonyl (C=O) groups is 1. The maximum Gasteiger partial charge on any atom is 0.339 e. The zero-order chi connectivity index (χ0) is 28.4. The van der Waals surface area contributed by atoms with Crippen LogP contribution < -0.4 is 10.5 Å². The van der Waals surface area contributed by atoms with E-state index in [0.717, 1.165) is 44.6 Å². The molecule has 38 heavy (non-hydrogen) atoms. The summed E-state index contributed by atoms with van der Waals surface area (Å²) in [5, 5.41) is 2.14. The highest BCUT2D eigenvalue weighted by molar-refractivity contribution is 8.15. The van der Waals surface area contributed by atoms with E-state index >= 15 is 0 Å². The average molecular weight is 535 g/mol. The van der Waals surface area contributed by atoms with E-state index in [-0.39, 0.29) is 10.7 Å². The second-order valence-electron chi connectivity index (χ2n) is 10.7. The third-order valence-electron chi connectivity index (χ3n) is 6.84. The molecular weight excluding hydrogens is 492 g/mol. The number of benzene rings is 3. The van der Waals surface area contributed by atoms with Crippen molar-refractivity contribution in [2.24, 2.45) is 0 Å². The number of ether oxygens (including phenoxy) is 2. The second-order valence-corrected chi connectivity index (χ2v) is 12.5. The van der Waals surface area contributed by atoms with Gasteiger partial charge in [0.1, 0.15) is 0 Å². The predicted octanol–water partition coefficient (Wildman–Crippen LogP) is 7.91. The quantitative estimate of drug-likeness (QED) is 0.183. The number of methoxy groups -OCH3 is 1. The predicted molar refractivity (Wildman–Crippen MR) is 165 cm³/mol. The Labute approximate surface area is 230 Å². The maximum absolute atomic E-state index is 13.3. The van der Waals surface area contributed by atoms with Crippen molar-refractivity contribution in [1.82, 2.24) is 0 Å². The molecule has 3 rings (SSSR count). The van der Waals surface area contributed by atoms with Gasteiger partial charge < -0.3 is 19.9 Å². The molecule has 0 amide bonds. The van der Waals surface area contributed by atoms with Crippen molar-refractivity contribution in [3.8, 4) is 22.3 Å². The van der Waals surface area contributed by atoms with Crippen molar-refractivity contribution < 1.29 is 14.3 Å². The molecule has 6 heteroatoms. The first kappa shape index (κ1) is 29.5. The number of anilines is 2. The molecule has 0 saturated heterocycles. The van der Waals surface area contributed by atoms with Crippen LogP contribution in [0, 0.1) is 27.7 Å². The van der Waals surface area contributed by atoms with Crippen LogP contribution in [-0.4, -0.2) is 30.3 Å². The van der Waals surface area contributed by atoms with E-state index in [4.69, 9.17) is 15.2 Å². The molecule has 3 aromatic rings. The summed E-state index contributed by atoms with van der Waals surface area (Å²) in [7, 11) is 1.20. The summed E-state index contributed by atoms with van der Waals surface area (Å²) in [4.78, 5) is 13.3. The lowest BCUT2D eigenvalue weighted by molar-refractivity contribution is -0.164. The van der Waals surface area contributed by atoms with Gasteiger partial charge in [0.25, 0.3) is 0 Å². The fraction of sp³-hybridized carbons (Fsp3) is 0.375. The van der Waals surface area contributed by atoms with Gasteiger partial charge in [-0.25, -0.2) is 4.79 Å². The number of esters is 1. The van der Waals surface area contributed by atoms with Gasteiger partial charge in [0.05, 0.1) is 18.4 Å². The smallest absolute Gasteiger partial charge is 0.339 e. The second kappa shape index (κ2) is 11.7. The van der Waals surface area contributed by atoms with E-state index in [9.17, 15) is 4.79 Å². The number of nitrogen functional groups attached to an aromatic ring is 1. The van der Waals surface area contributed by atoms with Gasteiger partial charge in [-0.3, -0.25) is 0 Å². The lowest BCUT2D eigenvalue weighted by Crippen LogP contribution is -2.29. The van der Waals surface area contributed by atoms with Crippen LogP contribution in [0.1, 0.15) is 61.6 Å². The van der Waals surface area contributed by atoms with Crippen LogP contribution in [0.2, 0.25) is 0 Å². The minimum Gasteiger partial charge on any atom is -0.467 e. The fourth-order valence-corrected chi connectivity index (χ4v) is 5.41. The van der Waals surface area contributed by atoms with Crippen molar-refractivity contribution in [1.29, 1.82) is 0 Å². The van der Waals surface area contributed by atoms with Crippen LogP contribution >= 0.6 is 10.7 Å². The van der Waals surface area contributed by atoms with E-state index in [1.54, 1.807) is 0 Å². The number of nitrogens with one attached hydrogen (secondary N) is 1. The number of rotatable bonds is 7. The van der Waals surface area contributed by atoms with Gasteiger partial charge in [-0.15, -0.1) is 10.7 Å². The molecule has 0 spiro atoms. The van der Waals surface area contributed by atoms with Gasteiger partial charge in [0.2, 0.25) is 0 Å². The molecule has 0 aliphatic carbocycles. The Balaban J connectivity index is 2.58. The number of para-hydroxylation sites is 1. The first-order valence-corrected chi connectivity index (χ1v) is 14.6. The monoisotopic (exact) mass is 534 g/mol. The van der Waals surface area contributed by atoms with E-state index in [1.807, 2.05) is 52.0 Å². The molecule has 5 nitrogen and oxygen atoms in total. The molecule has 0 saturated carbocycles. The highest BCUT2D eigenvalue weighted by atomic mass is 32.2. The van der Waals surface area contributed by atoms with E-state index < -0.39 is 17.7 Å². The topological polar surface area (TPSA) is 73.6 Å². The molecule has 3 aromatic carbocycles. The summed E-state index contributed by atoms with van der Waals surface area (Å²) in [5.74, 6) is -0.444. The van der Waals surface area contributed by atoms with Crippen LogP contribution in [0.4, 0.5) is 11.4 Å². The Morgan fingerprint density at radius 3 is 2.21 bits per heavy atom. The Hall–Kier alpha value is -3.09. The minimum absolute atomic E-state index is 0.206. The summed E-state index contributed by atoms with van der Waals surface area (Å²) < 4.78 is 15.5. The van der Waals surface area contributed by atoms with Crippen molar-refractivity contribution in [3.05, 3.63) is 70.3 Å². The minimum atomic E-state index is -0.938. The lowest BCUT2D eigenvalue weighted by atomic mass is 9.81. The first-order chi connectivity index (χ1) is 17.8. The van der Waals surface area contributed by atoms with Crippen LogP contribution in [0.5, 0.6) is 0 Å². The Morgan fingerprint density at radius 2 is 1.66 bits per heavy atom. The maximum atomic E-state index is 13.3. The first-order valence-electron chi connectivity index (χ1n) is 12.9. The molecule has 0 aromatic heterocycles. The standard InChI is InChI=1S/C32H42N2O3S/c1-11-38(10)34-29-22(5)28(30(31(35)36-9)37-32(6,7)8)27(24-14-12-13-15-25(24)33)21(4)26(29)23-17-16-19(2)20(3)18-23/h11-18,30,34H,33H2,1-10H3. The summed E-state index contributed by atoms with van der Waals surface area (Å²) in [6.45, 7) is 16.3. The molecule has 0 aliphatic heterocycles. The Morgan fingerprint density at radius 1 is 1.00 bits per heavy atom. The molecule has 2 unspecified atom stereocenters. The number of nitrogens with two attached hydrogens (primary N) is 1. The molecule has 0 fully saturated rings. The van der Waals surface area contributed by atoms with Gasteiger partial charge >= 0.3 is 5.97 Å². The normalized spacial score (nSPS) is 13.3. The largest absolute Gasteiger partial charge is 0.467 e. The third-order valence-corrected chi connectivity index (χ3v) is 8.07. The van der Waals surface area contributed by atoms with Crippen LogP contribution in [-0.2, 0) is 14.3 Å². The summed E-state index contributed by atoms with van der Waals surface area (Å²) >= 11 is 0. The molecule has 0 radical (unpaired) electrons. The number of carbonyl (C=O) groups excluding carboxylic acids is 1. The molecular formula is C32H42N2O3S. The van der Waals surface area contributed by atoms with Crippen molar-refractivity contribution >= 4 is 33.4 Å². The van der Waals surface area contributed by atoms with Gasteiger partial charge in [-0.1, -0.05) is 36.4 Å². The fourth-order valence-electron chi connectivity index (χ4n) is 4.71. The summed E-state index contributed by atoms with van der Waals surface area (Å²) in [6.07, 6.45) is 1.21. The zero-order valence-corrected chi connectivity index (χ0v) is 25.2. The van der Waals surface area contributed by atoms with Crippen molar-refractivity contribution in [2.75, 3.05) is 23.8 Å². The highest BCUT2D eigenvalue weighted by Crippen LogP contribution is 2.48. The number of hydrogen-bond acceptors (Lipinski definition) is 5. The van der Waals surface area contributed by atoms with Crippen LogP contribution in [0.15, 0.2) is 42.5 Å². The van der Waals surface area contributed by atoms with E-state index in [2.05, 4.69) is 62.2 Å². The van der Waals surface area contributed by atoms with Crippen LogP contribution in [0.25, 0.3) is 22.3 Å². The number of aryl methyl sites for hydroxylation is 2. The molecule has 0 aliphatic rings. The summed E-state index contributed by atoms with van der Waals surface area (Å²) in [5.41, 5.74) is 16.7. The van der Waals surface area contributed by atoms with Gasteiger partial charge in [0.15, 0.2) is 6.10 Å². The van der Waals surface area contributed by atoms with Gasteiger partial charge in [0, 0.05) is 22.4 Å². The van der Waals surface area contributed by atoms with Crippen molar-refractivity contribution in [2.45, 2.75) is 67.1 Å². The van der Waals surface area contributed by atoms with Crippen molar-refractivity contribution in [3.63, 3.8) is 0 Å². The zero-order valence-electron chi connectivity index (χ0n) is 24.4. The molecule has 0 bridgehead atoms. The molecule has 3 N–H and O–H groups in total. The highest BCUT2D eigenvalue weighted by Gasteiger charge is 2.35. The van der Waals surface area contributed by atoms with Crippen LogP contribution in [0.3, 0.4) is 0 Å². The van der Waals surface area contributed by atoms with E-state index in [1.165, 1.54) is 18.2 Å². The summed E-state index contributed by atoms with van der Waals surface area (Å²) in [6, 6.07) is 14.3. The molecule has 0 heterocycles. The molecule has 204 valence electrons. The average Bonchev–Trinajstić information content (AvgIpc) is 2.86. The SMILES string of the molecule is C/C=S(/C)Nc1c(C)c(C(OC(C)(C)C)C(=O)OC)c(-c2ccccc2N)c(C)c1-c1ccc(C)c(C)c1. The Bertz CT molecular complexity index is 1390. The third kappa shape index (κ3) is 6.13. The molecule has 2 atom stereocenters. The lowest BCUT2D eigenvalue weighted by Gasteiger charge is -2.32. The van der Waals surface area contributed by atoms with Gasteiger partial charge in [-0.05, 0) is 106 Å². The van der Waals surface area contributed by atoms with Gasteiger partial charge in [-0.2, -0.15) is 0 Å².